The van der Waals surface area contributed by atoms with Gasteiger partial charge in [0.2, 0.25) is 0 Å². The van der Waals surface area contributed by atoms with Crippen LogP contribution in [0, 0.1) is 5.92 Å². The van der Waals surface area contributed by atoms with Gasteiger partial charge >= 0.3 is 17.9 Å². The molecule has 1 fully saturated rings. The molecule has 0 aromatic heterocycles. The number of methoxy groups -OCH3 is 2. The fourth-order valence-electron chi connectivity index (χ4n) is 2.51. The molecule has 0 aliphatic heterocycles. The first-order valence-electron chi connectivity index (χ1n) is 7.19. The molecule has 24 heavy (non-hydrogen) atoms. The highest BCUT2D eigenvalue weighted by atomic mass is 16.7. The van der Waals surface area contributed by atoms with Crippen molar-refractivity contribution in [2.45, 2.75) is 31.7 Å². The number of esters is 2. The molecule has 0 aromatic rings. The Morgan fingerprint density at radius 3 is 2.25 bits per heavy atom. The fraction of sp³-hybridized carbons (Fsp3) is 0.786. The van der Waals surface area contributed by atoms with Gasteiger partial charge in [0.15, 0.2) is 6.10 Å². The average molecular weight is 350 g/mol. The Morgan fingerprint density at radius 2 is 1.71 bits per heavy atom. The van der Waals surface area contributed by atoms with Crippen molar-refractivity contribution in [2.75, 3.05) is 34.4 Å². The quantitative estimate of drug-likeness (QED) is 0.253. The molecule has 138 valence electrons. The molecule has 10 heteroatoms. The molecule has 10 nitrogen and oxygen atoms in total. The van der Waals surface area contributed by atoms with Crippen molar-refractivity contribution >= 4 is 17.9 Å². The summed E-state index contributed by atoms with van der Waals surface area (Å²) in [4.78, 5) is 33.4. The summed E-state index contributed by atoms with van der Waals surface area (Å²) in [6, 6.07) is 0. The van der Waals surface area contributed by atoms with E-state index in [2.05, 4.69) is 0 Å². The number of hydrogen-bond acceptors (Lipinski definition) is 9. The molecular weight excluding hydrogens is 328 g/mol. The van der Waals surface area contributed by atoms with Crippen molar-refractivity contribution in [1.29, 1.82) is 0 Å². The van der Waals surface area contributed by atoms with Gasteiger partial charge in [-0.2, -0.15) is 0 Å². The zero-order valence-corrected chi connectivity index (χ0v) is 13.8. The number of ether oxygens (including phenoxy) is 6. The Kier molecular flexibility index (Phi) is 8.61. The van der Waals surface area contributed by atoms with Crippen LogP contribution in [0.3, 0.4) is 0 Å². The highest BCUT2D eigenvalue weighted by Crippen LogP contribution is 2.34. The van der Waals surface area contributed by atoms with E-state index < -0.39 is 36.2 Å². The molecule has 1 N–H and O–H groups in total. The monoisotopic (exact) mass is 350 g/mol. The lowest BCUT2D eigenvalue weighted by atomic mass is 10.1. The molecule has 4 atom stereocenters. The van der Waals surface area contributed by atoms with Gasteiger partial charge < -0.3 is 33.5 Å². The molecular formula is C14H22O10. The molecule has 0 heterocycles. The number of hydrogen-bond donors (Lipinski definition) is 1. The number of carbonyl (C=O) groups is 3. The highest BCUT2D eigenvalue weighted by molar-refractivity contribution is 6.28. The third-order valence-electron chi connectivity index (χ3n) is 3.34. The Labute approximate surface area is 138 Å². The second-order valence-corrected chi connectivity index (χ2v) is 5.13. The van der Waals surface area contributed by atoms with Crippen LogP contribution in [0.25, 0.3) is 0 Å². The zero-order valence-electron chi connectivity index (χ0n) is 13.8. The van der Waals surface area contributed by atoms with Gasteiger partial charge in [0.25, 0.3) is 0 Å². The Bertz CT molecular complexity index is 437. The first-order chi connectivity index (χ1) is 11.4. The predicted octanol–water partition coefficient (Wildman–Crippen LogP) is -0.456. The average Bonchev–Trinajstić information content (AvgIpc) is 2.81. The number of carbonyl (C=O) groups excluding carboxylic acids is 2. The van der Waals surface area contributed by atoms with E-state index in [1.165, 1.54) is 21.1 Å². The molecule has 1 rings (SSSR count). The minimum atomic E-state index is -1.75. The minimum absolute atomic E-state index is 0.0469. The zero-order chi connectivity index (χ0) is 18.1. The lowest BCUT2D eigenvalue weighted by Crippen LogP contribution is -2.41. The van der Waals surface area contributed by atoms with E-state index in [0.29, 0.717) is 0 Å². The van der Waals surface area contributed by atoms with Gasteiger partial charge in [0.05, 0.1) is 6.61 Å². The molecule has 0 radical (unpaired) electrons. The third kappa shape index (κ3) is 6.04. The van der Waals surface area contributed by atoms with Crippen molar-refractivity contribution in [3.63, 3.8) is 0 Å². The summed E-state index contributed by atoms with van der Waals surface area (Å²) in [6.07, 6.45) is -2.41. The summed E-state index contributed by atoms with van der Waals surface area (Å²) in [7, 11) is 2.87. The number of rotatable bonds is 9. The maximum absolute atomic E-state index is 11.4. The van der Waals surface area contributed by atoms with Gasteiger partial charge in [-0.25, -0.2) is 9.59 Å². The Hall–Kier alpha value is -1.75. The molecule has 0 bridgehead atoms. The highest BCUT2D eigenvalue weighted by Gasteiger charge is 2.49. The SMILES string of the molecule is COCOC[C@@H]1C[C@H](OC(C)=O)[C@@H](OC(=O)C(=O)O)[C@H]1OCOC. The molecule has 1 saturated carbocycles. The normalized spacial score (nSPS) is 26.1. The van der Waals surface area contributed by atoms with Crippen molar-refractivity contribution < 1.29 is 47.9 Å². The number of carboxylic acid groups (broad SMARTS) is 1. The maximum Gasteiger partial charge on any atom is 0.417 e. The van der Waals surface area contributed by atoms with Crippen LogP contribution in [0.5, 0.6) is 0 Å². The summed E-state index contributed by atoms with van der Waals surface area (Å²) in [5, 5.41) is 8.72. The van der Waals surface area contributed by atoms with Crippen molar-refractivity contribution in [3.05, 3.63) is 0 Å². The predicted molar refractivity (Wildman–Crippen MR) is 75.8 cm³/mol. The van der Waals surface area contributed by atoms with Crippen LogP contribution in [-0.4, -0.2) is 75.7 Å². The molecule has 0 aromatic carbocycles. The van der Waals surface area contributed by atoms with Crippen LogP contribution < -0.4 is 0 Å². The fourth-order valence-corrected chi connectivity index (χ4v) is 2.51. The van der Waals surface area contributed by atoms with E-state index in [1.807, 2.05) is 0 Å². The van der Waals surface area contributed by atoms with E-state index in [1.54, 1.807) is 0 Å². The molecule has 0 saturated heterocycles. The lowest BCUT2D eigenvalue weighted by Gasteiger charge is -2.25. The number of carboxylic acids is 1. The van der Waals surface area contributed by atoms with Crippen LogP contribution >= 0.6 is 0 Å². The molecule has 0 unspecified atom stereocenters. The van der Waals surface area contributed by atoms with E-state index >= 15 is 0 Å². The lowest BCUT2D eigenvalue weighted by molar-refractivity contribution is -0.186. The summed E-state index contributed by atoms with van der Waals surface area (Å²) in [5.74, 6) is -4.10. The van der Waals surface area contributed by atoms with E-state index in [9.17, 15) is 14.4 Å². The molecule has 1 aliphatic rings. The maximum atomic E-state index is 11.4. The summed E-state index contributed by atoms with van der Waals surface area (Å²) in [5.41, 5.74) is 0. The second kappa shape index (κ2) is 10.2. The van der Waals surface area contributed by atoms with Gasteiger partial charge in [-0.3, -0.25) is 4.79 Å². The molecule has 1 aliphatic carbocycles. The van der Waals surface area contributed by atoms with E-state index in [-0.39, 0.29) is 32.5 Å². The number of aliphatic carboxylic acids is 1. The summed E-state index contributed by atoms with van der Waals surface area (Å²) < 4.78 is 30.5. The van der Waals surface area contributed by atoms with E-state index in [0.717, 1.165) is 0 Å². The van der Waals surface area contributed by atoms with Crippen LogP contribution in [0.15, 0.2) is 0 Å². The second-order valence-electron chi connectivity index (χ2n) is 5.13. The first-order valence-corrected chi connectivity index (χ1v) is 7.19. The van der Waals surface area contributed by atoms with E-state index in [4.69, 9.17) is 33.5 Å². The topological polar surface area (TPSA) is 127 Å². The van der Waals surface area contributed by atoms with Gasteiger partial charge in [-0.05, 0) is 6.42 Å². The standard InChI is InChI=1S/C14H22O10/c1-8(15)23-10-4-9(5-21-6-19-2)11(22-7-20-3)12(10)24-14(18)13(16)17/h9-12H,4-7H2,1-3H3,(H,16,17)/t9-,10-,11-,12+/m0/s1. The minimum Gasteiger partial charge on any atom is -0.473 e. The first kappa shape index (κ1) is 20.3. The molecule has 0 spiro atoms. The van der Waals surface area contributed by atoms with Crippen molar-refractivity contribution in [2.24, 2.45) is 5.92 Å². The largest absolute Gasteiger partial charge is 0.473 e. The van der Waals surface area contributed by atoms with Gasteiger partial charge in [-0.15, -0.1) is 0 Å². The van der Waals surface area contributed by atoms with Crippen LogP contribution in [-0.2, 0) is 42.8 Å². The van der Waals surface area contributed by atoms with Crippen molar-refractivity contribution in [3.8, 4) is 0 Å². The summed E-state index contributed by atoms with van der Waals surface area (Å²) >= 11 is 0. The van der Waals surface area contributed by atoms with Crippen molar-refractivity contribution in [1.82, 2.24) is 0 Å². The molecule has 0 amide bonds. The third-order valence-corrected chi connectivity index (χ3v) is 3.34. The van der Waals surface area contributed by atoms with Crippen LogP contribution in [0.2, 0.25) is 0 Å². The Morgan fingerprint density at radius 1 is 1.04 bits per heavy atom. The van der Waals surface area contributed by atoms with Crippen LogP contribution in [0.4, 0.5) is 0 Å². The smallest absolute Gasteiger partial charge is 0.417 e. The van der Waals surface area contributed by atoms with Gasteiger partial charge in [0, 0.05) is 27.1 Å². The van der Waals surface area contributed by atoms with Gasteiger partial charge in [-0.1, -0.05) is 0 Å². The van der Waals surface area contributed by atoms with Gasteiger partial charge in [0.1, 0.15) is 25.8 Å². The van der Waals surface area contributed by atoms with Crippen LogP contribution in [0.1, 0.15) is 13.3 Å². The summed E-state index contributed by atoms with van der Waals surface area (Å²) in [6.45, 7) is 1.32. The Balaban J connectivity index is 2.89.